The standard InChI is InChI=1S/C11H13N3S/c1-2-10(1)14-8-12-5-11(14)6-13-9-3-4-15-7-9/h3-5,7-8,10,13H,1-2,6H2. The summed E-state index contributed by atoms with van der Waals surface area (Å²) < 4.78 is 2.29. The molecule has 0 amide bonds. The van der Waals surface area contributed by atoms with Crippen LogP contribution in [0.2, 0.25) is 0 Å². The summed E-state index contributed by atoms with van der Waals surface area (Å²) in [6.45, 7) is 0.868. The molecule has 1 fully saturated rings. The molecule has 0 aromatic carbocycles. The maximum Gasteiger partial charge on any atom is 0.0951 e. The lowest BCUT2D eigenvalue weighted by molar-refractivity contribution is 0.701. The summed E-state index contributed by atoms with van der Waals surface area (Å²) in [5.74, 6) is 0. The van der Waals surface area contributed by atoms with Crippen molar-refractivity contribution in [2.75, 3.05) is 5.32 Å². The van der Waals surface area contributed by atoms with Gasteiger partial charge < -0.3 is 9.88 Å². The third-order valence-corrected chi connectivity index (χ3v) is 3.36. The predicted molar refractivity (Wildman–Crippen MR) is 62.1 cm³/mol. The van der Waals surface area contributed by atoms with Crippen molar-refractivity contribution in [3.05, 3.63) is 35.0 Å². The van der Waals surface area contributed by atoms with Crippen LogP contribution >= 0.6 is 11.3 Å². The maximum atomic E-state index is 4.21. The van der Waals surface area contributed by atoms with Crippen molar-refractivity contribution in [3.63, 3.8) is 0 Å². The van der Waals surface area contributed by atoms with Gasteiger partial charge in [-0.05, 0) is 24.3 Å². The fraction of sp³-hybridized carbons (Fsp3) is 0.364. The van der Waals surface area contributed by atoms with Crippen LogP contribution in [0.15, 0.2) is 29.4 Å². The molecule has 15 heavy (non-hydrogen) atoms. The monoisotopic (exact) mass is 219 g/mol. The zero-order valence-electron chi connectivity index (χ0n) is 8.39. The molecule has 0 aliphatic heterocycles. The van der Waals surface area contributed by atoms with E-state index in [1.165, 1.54) is 24.2 Å². The van der Waals surface area contributed by atoms with Gasteiger partial charge in [-0.2, -0.15) is 11.3 Å². The fourth-order valence-corrected chi connectivity index (χ4v) is 2.32. The molecule has 1 aliphatic rings. The van der Waals surface area contributed by atoms with Crippen molar-refractivity contribution in [2.24, 2.45) is 0 Å². The molecule has 4 heteroatoms. The molecule has 3 rings (SSSR count). The number of imidazole rings is 1. The molecule has 0 spiro atoms. The molecule has 1 N–H and O–H groups in total. The zero-order chi connectivity index (χ0) is 10.1. The summed E-state index contributed by atoms with van der Waals surface area (Å²) in [7, 11) is 0. The van der Waals surface area contributed by atoms with Crippen LogP contribution in [0.25, 0.3) is 0 Å². The van der Waals surface area contributed by atoms with E-state index in [1.807, 2.05) is 12.5 Å². The molecule has 0 unspecified atom stereocenters. The Morgan fingerprint density at radius 3 is 3.20 bits per heavy atom. The van der Waals surface area contributed by atoms with E-state index >= 15 is 0 Å². The van der Waals surface area contributed by atoms with E-state index in [0.29, 0.717) is 6.04 Å². The highest BCUT2D eigenvalue weighted by atomic mass is 32.1. The molecule has 78 valence electrons. The van der Waals surface area contributed by atoms with E-state index in [-0.39, 0.29) is 0 Å². The van der Waals surface area contributed by atoms with Crippen LogP contribution in [-0.4, -0.2) is 9.55 Å². The number of hydrogen-bond acceptors (Lipinski definition) is 3. The molecule has 0 radical (unpaired) electrons. The molecule has 2 heterocycles. The normalized spacial score (nSPS) is 15.5. The molecule has 1 aliphatic carbocycles. The van der Waals surface area contributed by atoms with Gasteiger partial charge in [0, 0.05) is 23.3 Å². The van der Waals surface area contributed by atoms with Gasteiger partial charge in [-0.3, -0.25) is 0 Å². The largest absolute Gasteiger partial charge is 0.379 e. The van der Waals surface area contributed by atoms with Gasteiger partial charge in [0.1, 0.15) is 0 Å². The van der Waals surface area contributed by atoms with E-state index in [0.717, 1.165) is 6.54 Å². The van der Waals surface area contributed by atoms with E-state index in [1.54, 1.807) is 11.3 Å². The third kappa shape index (κ3) is 1.90. The quantitative estimate of drug-likeness (QED) is 0.857. The smallest absolute Gasteiger partial charge is 0.0951 e. The number of nitrogens with one attached hydrogen (secondary N) is 1. The van der Waals surface area contributed by atoms with Crippen molar-refractivity contribution in [3.8, 4) is 0 Å². The van der Waals surface area contributed by atoms with Crippen LogP contribution in [0.5, 0.6) is 0 Å². The van der Waals surface area contributed by atoms with Crippen LogP contribution in [0, 0.1) is 0 Å². The molecule has 3 nitrogen and oxygen atoms in total. The second-order valence-corrected chi connectivity index (χ2v) is 4.67. The van der Waals surface area contributed by atoms with Gasteiger partial charge in [0.05, 0.1) is 18.6 Å². The summed E-state index contributed by atoms with van der Waals surface area (Å²) in [6, 6.07) is 2.81. The van der Waals surface area contributed by atoms with Crippen molar-refractivity contribution in [1.29, 1.82) is 0 Å². The number of nitrogens with zero attached hydrogens (tertiary/aromatic N) is 2. The Hall–Kier alpha value is -1.29. The predicted octanol–water partition coefficient (Wildman–Crippen LogP) is 2.89. The van der Waals surface area contributed by atoms with Crippen molar-refractivity contribution >= 4 is 17.0 Å². The average molecular weight is 219 g/mol. The second-order valence-electron chi connectivity index (χ2n) is 3.89. The first-order chi connectivity index (χ1) is 7.43. The van der Waals surface area contributed by atoms with E-state index in [2.05, 4.69) is 31.7 Å². The SMILES string of the molecule is c1cc(NCc2cncn2C2CC2)cs1. The van der Waals surface area contributed by atoms with Gasteiger partial charge in [0.25, 0.3) is 0 Å². The number of thiophene rings is 1. The molecule has 1 saturated carbocycles. The minimum absolute atomic E-state index is 0.715. The molecular formula is C11H13N3S. The van der Waals surface area contributed by atoms with Gasteiger partial charge in [0.15, 0.2) is 0 Å². The van der Waals surface area contributed by atoms with E-state index in [4.69, 9.17) is 0 Å². The fourth-order valence-electron chi connectivity index (χ4n) is 1.71. The van der Waals surface area contributed by atoms with Crippen LogP contribution in [0.1, 0.15) is 24.6 Å². The Morgan fingerprint density at radius 1 is 1.53 bits per heavy atom. The Bertz CT molecular complexity index is 428. The molecule has 0 bridgehead atoms. The molecule has 0 saturated heterocycles. The van der Waals surface area contributed by atoms with Crippen LogP contribution < -0.4 is 5.32 Å². The molecule has 0 atom stereocenters. The Balaban J connectivity index is 1.68. The topological polar surface area (TPSA) is 29.9 Å². The summed E-state index contributed by atoms with van der Waals surface area (Å²) in [6.07, 6.45) is 6.52. The first-order valence-corrected chi connectivity index (χ1v) is 6.14. The lowest BCUT2D eigenvalue weighted by Gasteiger charge is -2.07. The minimum Gasteiger partial charge on any atom is -0.379 e. The van der Waals surface area contributed by atoms with Crippen molar-refractivity contribution < 1.29 is 0 Å². The maximum absolute atomic E-state index is 4.21. The first-order valence-electron chi connectivity index (χ1n) is 5.20. The van der Waals surface area contributed by atoms with Gasteiger partial charge in [-0.1, -0.05) is 0 Å². The molecule has 2 aromatic rings. The Kier molecular flexibility index (Phi) is 2.21. The highest BCUT2D eigenvalue weighted by molar-refractivity contribution is 7.08. The summed E-state index contributed by atoms with van der Waals surface area (Å²) in [5, 5.41) is 7.61. The summed E-state index contributed by atoms with van der Waals surface area (Å²) in [4.78, 5) is 4.21. The Morgan fingerprint density at radius 2 is 2.47 bits per heavy atom. The van der Waals surface area contributed by atoms with Crippen LogP contribution in [-0.2, 0) is 6.54 Å². The second kappa shape index (κ2) is 3.70. The van der Waals surface area contributed by atoms with Gasteiger partial charge in [-0.25, -0.2) is 4.98 Å². The van der Waals surface area contributed by atoms with E-state index in [9.17, 15) is 0 Å². The Labute approximate surface area is 92.8 Å². The minimum atomic E-state index is 0.715. The number of rotatable bonds is 4. The van der Waals surface area contributed by atoms with Crippen LogP contribution in [0.4, 0.5) is 5.69 Å². The number of anilines is 1. The average Bonchev–Trinajstić information content (AvgIpc) is 2.81. The third-order valence-electron chi connectivity index (χ3n) is 2.68. The highest BCUT2D eigenvalue weighted by Crippen LogP contribution is 2.35. The van der Waals surface area contributed by atoms with Crippen LogP contribution in [0.3, 0.4) is 0 Å². The summed E-state index contributed by atoms with van der Waals surface area (Å²) >= 11 is 1.71. The van der Waals surface area contributed by atoms with Gasteiger partial charge >= 0.3 is 0 Å². The van der Waals surface area contributed by atoms with E-state index < -0.39 is 0 Å². The van der Waals surface area contributed by atoms with Crippen molar-refractivity contribution in [1.82, 2.24) is 9.55 Å². The summed E-state index contributed by atoms with van der Waals surface area (Å²) in [5.41, 5.74) is 2.48. The van der Waals surface area contributed by atoms with Crippen molar-refractivity contribution in [2.45, 2.75) is 25.4 Å². The lowest BCUT2D eigenvalue weighted by atomic mass is 10.4. The molecule has 2 aromatic heterocycles. The number of aromatic nitrogens is 2. The van der Waals surface area contributed by atoms with Gasteiger partial charge in [0.2, 0.25) is 0 Å². The lowest BCUT2D eigenvalue weighted by Crippen LogP contribution is -2.05. The zero-order valence-corrected chi connectivity index (χ0v) is 9.20. The first kappa shape index (κ1) is 8.97. The molecular weight excluding hydrogens is 206 g/mol. The highest BCUT2D eigenvalue weighted by Gasteiger charge is 2.24. The van der Waals surface area contributed by atoms with Gasteiger partial charge in [-0.15, -0.1) is 0 Å². The number of hydrogen-bond donors (Lipinski definition) is 1.